The van der Waals surface area contributed by atoms with Crippen LogP contribution in [0.4, 0.5) is 0 Å². The van der Waals surface area contributed by atoms with Crippen LogP contribution in [0.3, 0.4) is 0 Å². The molecule has 24 heavy (non-hydrogen) atoms. The van der Waals surface area contributed by atoms with Gasteiger partial charge in [-0.15, -0.1) is 11.3 Å². The quantitative estimate of drug-likeness (QED) is 0.432. The van der Waals surface area contributed by atoms with Gasteiger partial charge in [0.15, 0.2) is 5.11 Å². The summed E-state index contributed by atoms with van der Waals surface area (Å²) in [6.45, 7) is 3.42. The van der Waals surface area contributed by atoms with Gasteiger partial charge in [-0.3, -0.25) is 4.79 Å². The van der Waals surface area contributed by atoms with Crippen LogP contribution >= 0.6 is 23.6 Å². The summed E-state index contributed by atoms with van der Waals surface area (Å²) in [7, 11) is 0. The fourth-order valence-electron chi connectivity index (χ4n) is 2.33. The molecule has 2 rings (SSSR count). The number of hydrogen-bond acceptors (Lipinski definition) is 6. The average molecular weight is 368 g/mol. The molecule has 0 radical (unpaired) electrons. The highest BCUT2D eigenvalue weighted by Gasteiger charge is 2.30. The fourth-order valence-corrected chi connectivity index (χ4v) is 3.38. The highest BCUT2D eigenvalue weighted by atomic mass is 32.1. The molecule has 0 bridgehead atoms. The predicted molar refractivity (Wildman–Crippen MR) is 95.6 cm³/mol. The standard InChI is InChI=1S/C16H20N2O4S2/c1-10-14(13(9-22-11(2)19)18-16(23)17-10)15(20)21-7-3-5-12-6-4-8-24-12/h4,6,8,13H,3,5,7,9H2,1-2H3,(H2,17,18,23). The summed E-state index contributed by atoms with van der Waals surface area (Å²) in [5.74, 6) is -0.846. The van der Waals surface area contributed by atoms with Crippen molar-refractivity contribution in [2.45, 2.75) is 32.7 Å². The van der Waals surface area contributed by atoms with Crippen molar-refractivity contribution in [3.63, 3.8) is 0 Å². The molecule has 0 saturated carbocycles. The summed E-state index contributed by atoms with van der Waals surface area (Å²) in [6.07, 6.45) is 1.63. The lowest BCUT2D eigenvalue weighted by atomic mass is 10.0. The van der Waals surface area contributed by atoms with E-state index in [4.69, 9.17) is 21.7 Å². The lowest BCUT2D eigenvalue weighted by Crippen LogP contribution is -2.51. The zero-order valence-electron chi connectivity index (χ0n) is 13.6. The molecule has 0 aliphatic carbocycles. The average Bonchev–Trinajstić information content (AvgIpc) is 3.02. The zero-order valence-corrected chi connectivity index (χ0v) is 15.2. The minimum Gasteiger partial charge on any atom is -0.463 e. The van der Waals surface area contributed by atoms with Crippen molar-refractivity contribution >= 4 is 40.6 Å². The molecule has 6 nitrogen and oxygen atoms in total. The zero-order chi connectivity index (χ0) is 17.5. The number of rotatable bonds is 7. The number of allylic oxidation sites excluding steroid dienone is 1. The third-order valence-electron chi connectivity index (χ3n) is 3.41. The molecular weight excluding hydrogens is 348 g/mol. The van der Waals surface area contributed by atoms with Crippen molar-refractivity contribution in [3.05, 3.63) is 33.7 Å². The first-order chi connectivity index (χ1) is 11.5. The van der Waals surface area contributed by atoms with E-state index in [1.165, 1.54) is 11.8 Å². The molecule has 8 heteroatoms. The molecule has 1 aliphatic rings. The van der Waals surface area contributed by atoms with Crippen LogP contribution in [-0.2, 0) is 25.5 Å². The Hall–Kier alpha value is -1.93. The smallest absolute Gasteiger partial charge is 0.338 e. The summed E-state index contributed by atoms with van der Waals surface area (Å²) in [4.78, 5) is 24.7. The molecule has 1 aromatic heterocycles. The minimum absolute atomic E-state index is 0.0219. The van der Waals surface area contributed by atoms with Crippen LogP contribution in [0.25, 0.3) is 0 Å². The summed E-state index contributed by atoms with van der Waals surface area (Å²) >= 11 is 6.77. The fraction of sp³-hybridized carbons (Fsp3) is 0.438. The van der Waals surface area contributed by atoms with E-state index in [1.54, 1.807) is 18.3 Å². The second kappa shape index (κ2) is 8.79. The summed E-state index contributed by atoms with van der Waals surface area (Å²) < 4.78 is 10.4. The number of esters is 2. The maximum Gasteiger partial charge on any atom is 0.338 e. The van der Waals surface area contributed by atoms with Crippen molar-refractivity contribution in [1.82, 2.24) is 10.6 Å². The molecule has 2 N–H and O–H groups in total. The molecular formula is C16H20N2O4S2. The van der Waals surface area contributed by atoms with Crippen LogP contribution < -0.4 is 10.6 Å². The van der Waals surface area contributed by atoms with Gasteiger partial charge in [0.1, 0.15) is 6.61 Å². The minimum atomic E-state index is -0.507. The van der Waals surface area contributed by atoms with Gasteiger partial charge in [-0.1, -0.05) is 6.07 Å². The van der Waals surface area contributed by atoms with Gasteiger partial charge in [0.25, 0.3) is 0 Å². The van der Waals surface area contributed by atoms with Crippen molar-refractivity contribution < 1.29 is 19.1 Å². The van der Waals surface area contributed by atoms with Gasteiger partial charge in [0.2, 0.25) is 0 Å². The maximum atomic E-state index is 12.4. The number of carbonyl (C=O) groups is 2. The van der Waals surface area contributed by atoms with Gasteiger partial charge in [0, 0.05) is 17.5 Å². The van der Waals surface area contributed by atoms with Gasteiger partial charge < -0.3 is 20.1 Å². The molecule has 1 aromatic rings. The van der Waals surface area contributed by atoms with Gasteiger partial charge in [-0.2, -0.15) is 0 Å². The first-order valence-electron chi connectivity index (χ1n) is 7.58. The lowest BCUT2D eigenvalue weighted by molar-refractivity contribution is -0.144. The van der Waals surface area contributed by atoms with Gasteiger partial charge in [-0.25, -0.2) is 4.79 Å². The van der Waals surface area contributed by atoms with E-state index < -0.39 is 18.0 Å². The van der Waals surface area contributed by atoms with Crippen LogP contribution in [0.5, 0.6) is 0 Å². The Morgan fingerprint density at radius 2 is 2.17 bits per heavy atom. The highest BCUT2D eigenvalue weighted by Crippen LogP contribution is 2.16. The normalized spacial score (nSPS) is 17.1. The first-order valence-corrected chi connectivity index (χ1v) is 8.87. The molecule has 0 fully saturated rings. The van der Waals surface area contributed by atoms with Gasteiger partial charge in [-0.05, 0) is 43.4 Å². The van der Waals surface area contributed by atoms with E-state index in [1.807, 2.05) is 11.4 Å². The number of carbonyl (C=O) groups excluding carboxylic acids is 2. The van der Waals surface area contributed by atoms with Crippen LogP contribution in [0.15, 0.2) is 28.8 Å². The second-order valence-electron chi connectivity index (χ2n) is 5.31. The number of thiocarbonyl (C=S) groups is 1. The maximum absolute atomic E-state index is 12.4. The van der Waals surface area contributed by atoms with E-state index in [0.717, 1.165) is 12.8 Å². The molecule has 1 unspecified atom stereocenters. The number of hydrogen-bond donors (Lipinski definition) is 2. The Balaban J connectivity index is 1.91. The van der Waals surface area contributed by atoms with E-state index in [-0.39, 0.29) is 6.61 Å². The van der Waals surface area contributed by atoms with E-state index in [0.29, 0.717) is 23.0 Å². The topological polar surface area (TPSA) is 76.7 Å². The van der Waals surface area contributed by atoms with Crippen molar-refractivity contribution in [2.75, 3.05) is 13.2 Å². The molecule has 0 saturated heterocycles. The van der Waals surface area contributed by atoms with Crippen molar-refractivity contribution in [2.24, 2.45) is 0 Å². The number of aryl methyl sites for hydroxylation is 1. The first kappa shape index (κ1) is 18.4. The largest absolute Gasteiger partial charge is 0.463 e. The molecule has 0 aromatic carbocycles. The molecule has 0 amide bonds. The second-order valence-corrected chi connectivity index (χ2v) is 6.75. The molecule has 1 atom stereocenters. The number of ether oxygens (including phenoxy) is 2. The Morgan fingerprint density at radius 3 is 2.83 bits per heavy atom. The summed E-state index contributed by atoms with van der Waals surface area (Å²) in [5, 5.41) is 8.25. The van der Waals surface area contributed by atoms with Gasteiger partial charge >= 0.3 is 11.9 Å². The van der Waals surface area contributed by atoms with Crippen LogP contribution in [0.2, 0.25) is 0 Å². The van der Waals surface area contributed by atoms with Crippen LogP contribution in [0.1, 0.15) is 25.1 Å². The van der Waals surface area contributed by atoms with Crippen molar-refractivity contribution in [3.8, 4) is 0 Å². The van der Waals surface area contributed by atoms with E-state index in [9.17, 15) is 9.59 Å². The summed E-state index contributed by atoms with van der Waals surface area (Å²) in [6, 6.07) is 3.55. The molecule has 1 aliphatic heterocycles. The molecule has 130 valence electrons. The third-order valence-corrected chi connectivity index (χ3v) is 4.57. The SMILES string of the molecule is CC(=O)OCC1NC(=S)NC(C)=C1C(=O)OCCCc1cccs1. The molecule has 2 heterocycles. The summed E-state index contributed by atoms with van der Waals surface area (Å²) in [5.41, 5.74) is 1.01. The van der Waals surface area contributed by atoms with Crippen LogP contribution in [0, 0.1) is 0 Å². The monoisotopic (exact) mass is 368 g/mol. The Morgan fingerprint density at radius 1 is 1.38 bits per heavy atom. The Labute approximate surface area is 150 Å². The van der Waals surface area contributed by atoms with Crippen LogP contribution in [-0.4, -0.2) is 36.3 Å². The number of thiophene rings is 1. The highest BCUT2D eigenvalue weighted by molar-refractivity contribution is 7.80. The van der Waals surface area contributed by atoms with E-state index in [2.05, 4.69) is 16.7 Å². The van der Waals surface area contributed by atoms with Crippen molar-refractivity contribution in [1.29, 1.82) is 0 Å². The molecule has 0 spiro atoms. The van der Waals surface area contributed by atoms with E-state index >= 15 is 0 Å². The Kier molecular flexibility index (Phi) is 6.74. The lowest BCUT2D eigenvalue weighted by Gasteiger charge is -2.29. The number of nitrogens with one attached hydrogen (secondary N) is 2. The third kappa shape index (κ3) is 5.31. The predicted octanol–water partition coefficient (Wildman–Crippen LogP) is 1.91. The Bertz CT molecular complexity index is 641. The van der Waals surface area contributed by atoms with Gasteiger partial charge in [0.05, 0.1) is 18.2 Å².